The highest BCUT2D eigenvalue weighted by Crippen LogP contribution is 2.15. The second-order valence-corrected chi connectivity index (χ2v) is 8.03. The number of amides is 1. The highest BCUT2D eigenvalue weighted by Gasteiger charge is 2.21. The zero-order valence-electron chi connectivity index (χ0n) is 17.0. The van der Waals surface area contributed by atoms with Crippen molar-refractivity contribution >= 4 is 29.4 Å². The maximum Gasteiger partial charge on any atom is 0.344 e. The monoisotopic (exact) mass is 433 g/mol. The van der Waals surface area contributed by atoms with Crippen molar-refractivity contribution in [2.45, 2.75) is 38.8 Å². The lowest BCUT2D eigenvalue weighted by molar-refractivity contribution is -0.157. The van der Waals surface area contributed by atoms with Crippen molar-refractivity contribution in [3.63, 3.8) is 0 Å². The number of carbonyl (C=O) groups excluding carboxylic acids is 2. The van der Waals surface area contributed by atoms with E-state index in [-0.39, 0.29) is 18.6 Å². The Hall–Kier alpha value is -3.06. The van der Waals surface area contributed by atoms with Gasteiger partial charge in [0.15, 0.2) is 6.61 Å². The maximum absolute atomic E-state index is 12.4. The van der Waals surface area contributed by atoms with Gasteiger partial charge in [0.1, 0.15) is 17.4 Å². The molecule has 0 fully saturated rings. The molecule has 0 bridgehead atoms. The molecule has 2 rings (SSSR count). The molecule has 0 saturated carbocycles. The van der Waals surface area contributed by atoms with Crippen LogP contribution in [0.4, 0.5) is 0 Å². The Kier molecular flexibility index (Phi) is 7.83. The SMILES string of the molecule is CC(C)(C)OC(=O)COc1ccc(C(=O)NC(Cc2cccc(Cl)c2)C(=O)O)cc1. The lowest BCUT2D eigenvalue weighted by atomic mass is 10.1. The van der Waals surface area contributed by atoms with Crippen molar-refractivity contribution in [2.24, 2.45) is 0 Å². The minimum absolute atomic E-state index is 0.0959. The van der Waals surface area contributed by atoms with E-state index in [1.807, 2.05) is 0 Å². The number of hydrogen-bond donors (Lipinski definition) is 2. The summed E-state index contributed by atoms with van der Waals surface area (Å²) in [5, 5.41) is 12.4. The van der Waals surface area contributed by atoms with Crippen LogP contribution in [0.3, 0.4) is 0 Å². The van der Waals surface area contributed by atoms with Crippen molar-refractivity contribution in [3.05, 3.63) is 64.7 Å². The van der Waals surface area contributed by atoms with Crippen LogP contribution in [0.5, 0.6) is 5.75 Å². The Morgan fingerprint density at radius 3 is 2.33 bits per heavy atom. The van der Waals surface area contributed by atoms with E-state index in [4.69, 9.17) is 21.1 Å². The van der Waals surface area contributed by atoms with Gasteiger partial charge in [-0.15, -0.1) is 0 Å². The zero-order valence-corrected chi connectivity index (χ0v) is 17.7. The number of nitrogens with one attached hydrogen (secondary N) is 1. The van der Waals surface area contributed by atoms with E-state index in [2.05, 4.69) is 5.32 Å². The molecule has 1 amide bonds. The molecule has 0 aliphatic carbocycles. The maximum atomic E-state index is 12.4. The van der Waals surface area contributed by atoms with Crippen LogP contribution in [0.15, 0.2) is 48.5 Å². The molecular weight excluding hydrogens is 410 g/mol. The normalized spacial score (nSPS) is 12.0. The second kappa shape index (κ2) is 10.1. The number of hydrogen-bond acceptors (Lipinski definition) is 5. The summed E-state index contributed by atoms with van der Waals surface area (Å²) >= 11 is 5.93. The number of carboxylic acids is 1. The average Bonchev–Trinajstić information content (AvgIpc) is 2.65. The summed E-state index contributed by atoms with van der Waals surface area (Å²) in [6.07, 6.45) is 0.0959. The fraction of sp³-hybridized carbons (Fsp3) is 0.318. The van der Waals surface area contributed by atoms with E-state index < -0.39 is 29.5 Å². The summed E-state index contributed by atoms with van der Waals surface area (Å²) in [4.78, 5) is 35.7. The minimum atomic E-state index is -1.15. The second-order valence-electron chi connectivity index (χ2n) is 7.60. The fourth-order valence-corrected chi connectivity index (χ4v) is 2.77. The van der Waals surface area contributed by atoms with Crippen LogP contribution in [0, 0.1) is 0 Å². The number of rotatable bonds is 8. The summed E-state index contributed by atoms with van der Waals surface area (Å²) < 4.78 is 10.5. The van der Waals surface area contributed by atoms with Crippen LogP contribution < -0.4 is 10.1 Å². The van der Waals surface area contributed by atoms with E-state index in [9.17, 15) is 19.5 Å². The first-order valence-corrected chi connectivity index (χ1v) is 9.64. The molecule has 8 heteroatoms. The van der Waals surface area contributed by atoms with E-state index in [1.165, 1.54) is 24.3 Å². The predicted molar refractivity (Wildman–Crippen MR) is 112 cm³/mol. The summed E-state index contributed by atoms with van der Waals surface area (Å²) in [5.74, 6) is -1.82. The third-order valence-electron chi connectivity index (χ3n) is 3.83. The van der Waals surface area contributed by atoms with Crippen LogP contribution in [0.25, 0.3) is 0 Å². The molecule has 30 heavy (non-hydrogen) atoms. The number of halogens is 1. The van der Waals surface area contributed by atoms with Crippen molar-refractivity contribution in [1.82, 2.24) is 5.32 Å². The molecule has 2 N–H and O–H groups in total. The molecule has 2 aromatic rings. The molecule has 1 unspecified atom stereocenters. The van der Waals surface area contributed by atoms with E-state index in [1.54, 1.807) is 45.0 Å². The van der Waals surface area contributed by atoms with Crippen molar-refractivity contribution < 1.29 is 29.0 Å². The fourth-order valence-electron chi connectivity index (χ4n) is 2.56. The lowest BCUT2D eigenvalue weighted by Gasteiger charge is -2.19. The topological polar surface area (TPSA) is 102 Å². The van der Waals surface area contributed by atoms with Crippen molar-refractivity contribution in [3.8, 4) is 5.75 Å². The van der Waals surface area contributed by atoms with Gasteiger partial charge in [-0.3, -0.25) is 4.79 Å². The molecule has 2 aromatic carbocycles. The Balaban J connectivity index is 1.95. The van der Waals surface area contributed by atoms with Gasteiger partial charge in [0.25, 0.3) is 5.91 Å². The number of aliphatic carboxylic acids is 1. The van der Waals surface area contributed by atoms with Crippen LogP contribution in [-0.4, -0.2) is 41.2 Å². The molecule has 0 radical (unpaired) electrons. The van der Waals surface area contributed by atoms with Crippen LogP contribution in [0.1, 0.15) is 36.7 Å². The molecule has 0 spiro atoms. The molecule has 160 valence electrons. The third-order valence-corrected chi connectivity index (χ3v) is 4.06. The highest BCUT2D eigenvalue weighted by molar-refractivity contribution is 6.30. The Bertz CT molecular complexity index is 905. The number of carbonyl (C=O) groups is 3. The molecule has 0 heterocycles. The Morgan fingerprint density at radius 2 is 1.77 bits per heavy atom. The van der Waals surface area contributed by atoms with Crippen molar-refractivity contribution in [1.29, 1.82) is 0 Å². The molecular formula is C22H24ClNO6. The number of benzene rings is 2. The molecule has 0 aliphatic rings. The predicted octanol–water partition coefficient (Wildman–Crippen LogP) is 3.49. The number of carboxylic acid groups (broad SMARTS) is 1. The Morgan fingerprint density at radius 1 is 1.10 bits per heavy atom. The average molecular weight is 434 g/mol. The first-order valence-electron chi connectivity index (χ1n) is 9.26. The number of esters is 1. The first kappa shape index (κ1) is 23.2. The van der Waals surface area contributed by atoms with Gasteiger partial charge in [0.05, 0.1) is 0 Å². The molecule has 0 saturated heterocycles. The molecule has 7 nitrogen and oxygen atoms in total. The van der Waals surface area contributed by atoms with Crippen LogP contribution in [-0.2, 0) is 20.7 Å². The van der Waals surface area contributed by atoms with Gasteiger partial charge in [-0.2, -0.15) is 0 Å². The largest absolute Gasteiger partial charge is 0.482 e. The van der Waals surface area contributed by atoms with Crippen molar-refractivity contribution in [2.75, 3.05) is 6.61 Å². The zero-order chi connectivity index (χ0) is 22.3. The van der Waals surface area contributed by atoms with Gasteiger partial charge >= 0.3 is 11.9 Å². The summed E-state index contributed by atoms with van der Waals surface area (Å²) in [7, 11) is 0. The molecule has 1 atom stereocenters. The third kappa shape index (κ3) is 7.75. The van der Waals surface area contributed by atoms with E-state index >= 15 is 0 Å². The number of ether oxygens (including phenoxy) is 2. The summed E-state index contributed by atoms with van der Waals surface area (Å²) in [5.41, 5.74) is 0.354. The molecule has 0 aliphatic heterocycles. The van der Waals surface area contributed by atoms with Crippen LogP contribution in [0.2, 0.25) is 5.02 Å². The minimum Gasteiger partial charge on any atom is -0.482 e. The van der Waals surface area contributed by atoms with Gasteiger partial charge in [0, 0.05) is 17.0 Å². The summed E-state index contributed by atoms with van der Waals surface area (Å²) in [6, 6.07) is 11.7. The van der Waals surface area contributed by atoms with E-state index in [0.717, 1.165) is 0 Å². The smallest absolute Gasteiger partial charge is 0.344 e. The lowest BCUT2D eigenvalue weighted by Crippen LogP contribution is -2.42. The van der Waals surface area contributed by atoms with Gasteiger partial charge < -0.3 is 19.9 Å². The first-order chi connectivity index (χ1) is 14.0. The van der Waals surface area contributed by atoms with Gasteiger partial charge in [-0.1, -0.05) is 23.7 Å². The van der Waals surface area contributed by atoms with Gasteiger partial charge in [0.2, 0.25) is 0 Å². The quantitative estimate of drug-likeness (QED) is 0.618. The molecule has 0 aromatic heterocycles. The Labute approximate surface area is 179 Å². The highest BCUT2D eigenvalue weighted by atomic mass is 35.5. The van der Waals surface area contributed by atoms with Gasteiger partial charge in [-0.05, 0) is 62.7 Å². The van der Waals surface area contributed by atoms with E-state index in [0.29, 0.717) is 16.3 Å². The van der Waals surface area contributed by atoms with Crippen LogP contribution >= 0.6 is 11.6 Å². The standard InChI is InChI=1S/C22H24ClNO6/c1-22(2,3)30-19(25)13-29-17-9-7-15(8-10-17)20(26)24-18(21(27)28)12-14-5-4-6-16(23)11-14/h4-11,18H,12-13H2,1-3H3,(H,24,26)(H,27,28). The summed E-state index contributed by atoms with van der Waals surface area (Å²) in [6.45, 7) is 5.02. The van der Waals surface area contributed by atoms with Gasteiger partial charge in [-0.25, -0.2) is 9.59 Å².